The number of ether oxygens (including phenoxy) is 1. The molecule has 5 nitrogen and oxygen atoms in total. The Kier molecular flexibility index (Phi) is 9.80. The Morgan fingerprint density at radius 2 is 1.24 bits per heavy atom. The molecule has 0 saturated heterocycles. The summed E-state index contributed by atoms with van der Waals surface area (Å²) in [6.45, 7) is 7.47. The second-order valence-corrected chi connectivity index (χ2v) is 22.2. The van der Waals surface area contributed by atoms with Crippen molar-refractivity contribution in [2.24, 2.45) is 5.92 Å². The summed E-state index contributed by atoms with van der Waals surface area (Å²) in [5, 5.41) is 6.63. The molecular weight excluding hydrogens is 1110 g/mol. The monoisotopic (exact) mass is 1180 g/mol. The largest absolute Gasteiger partial charge is 0.509 e. The van der Waals surface area contributed by atoms with Gasteiger partial charge in [-0.05, 0) is 142 Å². The van der Waals surface area contributed by atoms with Crippen molar-refractivity contribution in [3.8, 4) is 28.4 Å². The van der Waals surface area contributed by atoms with Gasteiger partial charge in [-0.15, -0.1) is 35.7 Å². The van der Waals surface area contributed by atoms with Gasteiger partial charge in [-0.1, -0.05) is 196 Å². The second-order valence-electron chi connectivity index (χ2n) is 22.2. The van der Waals surface area contributed by atoms with E-state index in [1.807, 2.05) is 186 Å². The zero-order valence-electron chi connectivity index (χ0n) is 54.8. The molecule has 0 bridgehead atoms. The molecular formula is C70H65N4OPt-3. The van der Waals surface area contributed by atoms with Gasteiger partial charge in [0.1, 0.15) is 5.82 Å². The van der Waals surface area contributed by atoms with E-state index >= 15 is 0 Å². The van der Waals surface area contributed by atoms with E-state index in [-0.39, 0.29) is 32.0 Å². The van der Waals surface area contributed by atoms with E-state index in [9.17, 15) is 2.74 Å². The number of hydrogen-bond acceptors (Lipinski definition) is 3. The fourth-order valence-corrected chi connectivity index (χ4v) is 10.8. The Bertz CT molecular complexity index is 4580. The maximum absolute atomic E-state index is 9.77. The summed E-state index contributed by atoms with van der Waals surface area (Å²) in [7, 11) is 0. The zero-order valence-corrected chi connectivity index (χ0v) is 46.1. The van der Waals surface area contributed by atoms with Crippen LogP contribution in [0, 0.1) is 24.7 Å². The molecule has 76 heavy (non-hydrogen) atoms. The minimum Gasteiger partial charge on any atom is -0.509 e. The van der Waals surface area contributed by atoms with Crippen molar-refractivity contribution in [2.45, 2.75) is 98.6 Å². The number of pyridine rings is 1. The van der Waals surface area contributed by atoms with E-state index in [4.69, 9.17) is 22.1 Å². The van der Waals surface area contributed by atoms with Gasteiger partial charge in [0, 0.05) is 65.0 Å². The molecule has 0 N–H and O–H groups in total. The molecule has 384 valence electrons. The molecule has 0 fully saturated rings. The Morgan fingerprint density at radius 1 is 0.592 bits per heavy atom. The van der Waals surface area contributed by atoms with Gasteiger partial charge < -0.3 is 18.8 Å². The second kappa shape index (κ2) is 19.0. The maximum Gasteiger partial charge on any atom is 0.135 e. The fraction of sp³-hybridized carbons (Fsp3) is 0.229. The molecule has 1 aliphatic rings. The van der Waals surface area contributed by atoms with Crippen LogP contribution in [0.4, 0.5) is 11.4 Å². The SMILES string of the molecule is [2H]C([2H])(c1cccc2c3ccccc3c3cccc(-c4cc(C(C)(C)C)cc(C(C([2H])([2H])[2H])(C([2H])([2H])[2H])C([2H])([2H])[2H])c4)c3n3c4c(cccc4c12)N(c1[c-]c(Oc2[c-]c4c(cc2)c2ccccc2n4-c2cc(C(C)(C)C)ccn2)ccc1)[CH-]3)C(C)C.[Pt]. The van der Waals surface area contributed by atoms with Crippen molar-refractivity contribution in [1.29, 1.82) is 0 Å². The third-order valence-corrected chi connectivity index (χ3v) is 14.5. The Hall–Kier alpha value is -7.33. The Morgan fingerprint density at radius 3 is 1.99 bits per heavy atom. The van der Waals surface area contributed by atoms with Crippen molar-refractivity contribution < 1.29 is 40.9 Å². The number of rotatable bonds is 7. The van der Waals surface area contributed by atoms with Gasteiger partial charge in [0.25, 0.3) is 0 Å². The molecule has 0 spiro atoms. The third kappa shape index (κ3) is 8.91. The van der Waals surface area contributed by atoms with Crippen LogP contribution < -0.4 is 9.64 Å². The smallest absolute Gasteiger partial charge is 0.135 e. The van der Waals surface area contributed by atoms with Crippen LogP contribution in [0.2, 0.25) is 0 Å². The predicted molar refractivity (Wildman–Crippen MR) is 317 cm³/mol. The molecule has 1 aliphatic heterocycles. The molecule has 0 saturated carbocycles. The fourth-order valence-electron chi connectivity index (χ4n) is 10.8. The molecule has 0 radical (unpaired) electrons. The predicted octanol–water partition coefficient (Wildman–Crippen LogP) is 19.0. The molecule has 0 amide bonds. The number of fused-ring (bicyclic) bond motifs is 10. The molecule has 0 unspecified atom stereocenters. The van der Waals surface area contributed by atoms with Gasteiger partial charge in [-0.3, -0.25) is 0 Å². The van der Waals surface area contributed by atoms with Crippen LogP contribution >= 0.6 is 0 Å². The Labute approximate surface area is 478 Å². The number of para-hydroxylation sites is 3. The van der Waals surface area contributed by atoms with Crippen molar-refractivity contribution in [1.82, 2.24) is 14.1 Å². The van der Waals surface area contributed by atoms with Crippen LogP contribution in [0.15, 0.2) is 170 Å². The summed E-state index contributed by atoms with van der Waals surface area (Å²) < 4.78 is 110. The zero-order chi connectivity index (χ0) is 61.4. The summed E-state index contributed by atoms with van der Waals surface area (Å²) in [5.74, 6) is 1.19. The van der Waals surface area contributed by atoms with Crippen LogP contribution in [-0.2, 0) is 43.7 Å². The number of anilines is 2. The normalized spacial score (nSPS) is 15.6. The summed E-state index contributed by atoms with van der Waals surface area (Å²) in [6.07, 6.45) is 0.0339. The van der Waals surface area contributed by atoms with Gasteiger partial charge in [0.15, 0.2) is 0 Å². The van der Waals surface area contributed by atoms with Gasteiger partial charge in [0.2, 0.25) is 0 Å². The first kappa shape index (κ1) is 39.1. The molecule has 6 heteroatoms. The van der Waals surface area contributed by atoms with Crippen molar-refractivity contribution >= 4 is 76.5 Å². The summed E-state index contributed by atoms with van der Waals surface area (Å²) >= 11 is 0. The average molecular weight is 1180 g/mol. The summed E-state index contributed by atoms with van der Waals surface area (Å²) in [5.41, 5.74) is 3.03. The minimum atomic E-state index is -3.52. The van der Waals surface area contributed by atoms with Crippen LogP contribution in [-0.4, -0.2) is 14.1 Å². The van der Waals surface area contributed by atoms with Crippen LogP contribution in [0.25, 0.3) is 82.1 Å². The first-order chi connectivity index (χ1) is 40.4. The van der Waals surface area contributed by atoms with Gasteiger partial charge >= 0.3 is 0 Å². The van der Waals surface area contributed by atoms with Crippen molar-refractivity contribution in [3.63, 3.8) is 0 Å². The molecule has 12 rings (SSSR count). The third-order valence-electron chi connectivity index (χ3n) is 14.5. The molecule has 0 aliphatic carbocycles. The van der Waals surface area contributed by atoms with Gasteiger partial charge in [0.05, 0.1) is 0 Å². The Balaban J connectivity index is 0.00000784. The minimum absolute atomic E-state index is 0. The quantitative estimate of drug-likeness (QED) is 0.149. The van der Waals surface area contributed by atoms with Crippen LogP contribution in [0.3, 0.4) is 0 Å². The van der Waals surface area contributed by atoms with Crippen LogP contribution in [0.1, 0.15) is 113 Å². The van der Waals surface area contributed by atoms with Gasteiger partial charge in [-0.25, -0.2) is 4.98 Å². The number of benzene rings is 8. The van der Waals surface area contributed by atoms with Crippen molar-refractivity contribution in [3.05, 3.63) is 211 Å². The van der Waals surface area contributed by atoms with Gasteiger partial charge in [-0.2, -0.15) is 12.1 Å². The molecule has 8 aromatic carbocycles. The van der Waals surface area contributed by atoms with Crippen molar-refractivity contribution in [2.75, 3.05) is 4.90 Å². The molecule has 0 atom stereocenters. The van der Waals surface area contributed by atoms with Crippen LogP contribution in [0.5, 0.6) is 11.5 Å². The van der Waals surface area contributed by atoms with E-state index in [1.165, 1.54) is 12.1 Å². The number of hydrogen-bond donors (Lipinski definition) is 0. The summed E-state index contributed by atoms with van der Waals surface area (Å²) in [4.78, 5) is 6.88. The standard InChI is InChI=1S/C70H65N4O.Pt/c1-44(2)36-45-20-16-27-58-54-23-12-13-24-55(54)59-28-18-26-53(46-37-48(69(6,7)8)39-49(38-46)70(9,10)11)66(59)73-43-72(62-31-19-29-60(65(45)58)67(62)73)50-21-17-22-51(41-50)75-52-32-33-57-56-25-14-15-30-61(56)74(63(57)42-52)64-40-47(34-35-71-64)68(3,4)5;/h12-35,37-40,43-44H,36H2,1-11H3;/q-3;/i6D3,7D3,8D3,36D2;. The van der Waals surface area contributed by atoms with E-state index in [0.717, 1.165) is 60.1 Å². The maximum atomic E-state index is 9.77. The van der Waals surface area contributed by atoms with E-state index < -0.39 is 43.7 Å². The van der Waals surface area contributed by atoms with E-state index in [2.05, 4.69) is 60.2 Å². The first-order valence-electron chi connectivity index (χ1n) is 31.1. The first-order valence-corrected chi connectivity index (χ1v) is 25.6. The molecule has 3 aromatic heterocycles. The van der Waals surface area contributed by atoms with E-state index in [1.54, 1.807) is 0 Å². The topological polar surface area (TPSA) is 35.2 Å². The average Bonchev–Trinajstić information content (AvgIpc) is 1.47. The number of nitrogens with zero attached hydrogens (tertiary/aromatic N) is 4. The summed E-state index contributed by atoms with van der Waals surface area (Å²) in [6, 6.07) is 59.5. The number of aromatic nitrogens is 3. The molecule has 4 heterocycles. The molecule has 11 aromatic rings. The van der Waals surface area contributed by atoms with E-state index in [0.29, 0.717) is 61.5 Å².